The van der Waals surface area contributed by atoms with Crippen molar-refractivity contribution >= 4 is 23.5 Å². The Morgan fingerprint density at radius 2 is 1.76 bits per heavy atom. The van der Waals surface area contributed by atoms with E-state index in [1.165, 1.54) is 12.0 Å². The summed E-state index contributed by atoms with van der Waals surface area (Å²) in [5.74, 6) is 1.00. The number of guanidine groups is 1. The maximum absolute atomic E-state index is 13.3. The lowest BCUT2D eigenvalue weighted by Gasteiger charge is -2.38. The first-order valence-electron chi connectivity index (χ1n) is 14.0. The summed E-state index contributed by atoms with van der Waals surface area (Å²) in [5, 5.41) is 0. The van der Waals surface area contributed by atoms with Gasteiger partial charge in [0.1, 0.15) is 5.75 Å². The largest absolute Gasteiger partial charge is 0.467 e. The molecule has 0 bridgehead atoms. The van der Waals surface area contributed by atoms with E-state index in [0.29, 0.717) is 42.8 Å². The van der Waals surface area contributed by atoms with Gasteiger partial charge in [-0.2, -0.15) is 0 Å². The van der Waals surface area contributed by atoms with E-state index in [2.05, 4.69) is 23.8 Å². The van der Waals surface area contributed by atoms with Gasteiger partial charge in [0.2, 0.25) is 11.8 Å². The summed E-state index contributed by atoms with van der Waals surface area (Å²) in [6.07, 6.45) is 2.39. The van der Waals surface area contributed by atoms with Crippen molar-refractivity contribution in [3.63, 3.8) is 0 Å². The van der Waals surface area contributed by atoms with Crippen LogP contribution in [0, 0.1) is 5.92 Å². The summed E-state index contributed by atoms with van der Waals surface area (Å²) in [7, 11) is 2.91. The minimum atomic E-state index is -0.854. The molecule has 2 N–H and O–H groups in total. The van der Waals surface area contributed by atoms with Gasteiger partial charge in [-0.05, 0) is 30.0 Å². The summed E-state index contributed by atoms with van der Waals surface area (Å²) in [4.78, 5) is 38.3. The highest BCUT2D eigenvalue weighted by Gasteiger charge is 2.31. The molecule has 0 radical (unpaired) electrons. The topological polar surface area (TPSA) is 120 Å². The summed E-state index contributed by atoms with van der Waals surface area (Å²) in [6, 6.07) is 20.1. The molecule has 42 heavy (non-hydrogen) atoms. The molecule has 1 aliphatic rings. The van der Waals surface area contributed by atoms with E-state index in [9.17, 15) is 9.59 Å². The van der Waals surface area contributed by atoms with Gasteiger partial charge in [0.25, 0.3) is 0 Å². The first kappa shape index (κ1) is 30.5. The van der Waals surface area contributed by atoms with Gasteiger partial charge in [0.15, 0.2) is 12.0 Å². The third kappa shape index (κ3) is 7.85. The van der Waals surface area contributed by atoms with Crippen LogP contribution in [-0.4, -0.2) is 65.5 Å². The number of hydrogen-bond acceptors (Lipinski definition) is 9. The molecular weight excluding hydrogens is 534 g/mol. The number of ether oxygens (including phenoxy) is 3. The SMILES string of the molecule is COC(=O)C(COCc1ccccc1)N(C)C(=O)CCC(C(C)C)N1Cc2cc(Oc3ccccc3)ncc2N=C1N. The Morgan fingerprint density at radius 1 is 1.07 bits per heavy atom. The fraction of sp³-hybridized carbons (Fsp3) is 0.375. The number of amides is 1. The monoisotopic (exact) mass is 573 g/mol. The van der Waals surface area contributed by atoms with Gasteiger partial charge in [0.05, 0.1) is 32.2 Å². The maximum Gasteiger partial charge on any atom is 0.330 e. The number of carbonyl (C=O) groups excluding carboxylic acids is 2. The summed E-state index contributed by atoms with van der Waals surface area (Å²) >= 11 is 0. The molecule has 0 spiro atoms. The predicted octanol–water partition coefficient (Wildman–Crippen LogP) is 4.66. The van der Waals surface area contributed by atoms with Gasteiger partial charge in [-0.1, -0.05) is 62.4 Å². The zero-order valence-corrected chi connectivity index (χ0v) is 24.6. The number of likely N-dealkylation sites (N-methyl/N-ethyl adjacent to an activating group) is 1. The van der Waals surface area contributed by atoms with Crippen LogP contribution in [0.5, 0.6) is 11.6 Å². The predicted molar refractivity (Wildman–Crippen MR) is 160 cm³/mol. The number of esters is 1. The van der Waals surface area contributed by atoms with Crippen LogP contribution in [0.15, 0.2) is 77.9 Å². The number of pyridine rings is 1. The Hall–Kier alpha value is -4.44. The third-order valence-electron chi connectivity index (χ3n) is 7.32. The number of aliphatic imine (C=N–C) groups is 1. The van der Waals surface area contributed by atoms with Crippen LogP contribution in [0.1, 0.15) is 37.8 Å². The second-order valence-electron chi connectivity index (χ2n) is 10.6. The molecule has 10 nitrogen and oxygen atoms in total. The third-order valence-corrected chi connectivity index (χ3v) is 7.32. The zero-order chi connectivity index (χ0) is 30.1. The molecule has 0 saturated heterocycles. The second kappa shape index (κ2) is 14.5. The van der Waals surface area contributed by atoms with Gasteiger partial charge in [0, 0.05) is 37.7 Å². The molecule has 222 valence electrons. The number of rotatable bonds is 13. The van der Waals surface area contributed by atoms with Crippen LogP contribution in [0.2, 0.25) is 0 Å². The zero-order valence-electron chi connectivity index (χ0n) is 24.6. The van der Waals surface area contributed by atoms with Crippen molar-refractivity contribution in [2.45, 2.75) is 51.9 Å². The van der Waals surface area contributed by atoms with E-state index < -0.39 is 12.0 Å². The molecule has 2 atom stereocenters. The molecule has 1 amide bonds. The van der Waals surface area contributed by atoms with Crippen molar-refractivity contribution in [3.05, 3.63) is 84.1 Å². The second-order valence-corrected chi connectivity index (χ2v) is 10.6. The lowest BCUT2D eigenvalue weighted by Crippen LogP contribution is -2.49. The molecule has 1 aliphatic heterocycles. The van der Waals surface area contributed by atoms with Crippen LogP contribution in [-0.2, 0) is 32.2 Å². The smallest absolute Gasteiger partial charge is 0.330 e. The Balaban J connectivity index is 1.40. The first-order chi connectivity index (χ1) is 20.3. The highest BCUT2D eigenvalue weighted by Crippen LogP contribution is 2.32. The molecule has 2 aromatic carbocycles. The molecule has 1 aromatic heterocycles. The van der Waals surface area contributed by atoms with Gasteiger partial charge in [-0.15, -0.1) is 0 Å². The molecule has 2 heterocycles. The van der Waals surface area contributed by atoms with E-state index in [-0.39, 0.29) is 30.9 Å². The molecule has 0 aliphatic carbocycles. The van der Waals surface area contributed by atoms with Gasteiger partial charge >= 0.3 is 5.97 Å². The normalized spacial score (nSPS) is 14.0. The molecule has 0 saturated carbocycles. The number of benzene rings is 2. The molecule has 2 unspecified atom stereocenters. The van der Waals surface area contributed by atoms with Crippen molar-refractivity contribution in [1.29, 1.82) is 0 Å². The fourth-order valence-corrected chi connectivity index (χ4v) is 4.91. The highest BCUT2D eigenvalue weighted by molar-refractivity contribution is 5.85. The standard InChI is InChI=1S/C32H39N5O5/c1-22(2)27(15-16-30(38)36(3)28(31(39)40-4)21-41-20-23-11-7-5-8-12-23)37-19-24-17-29(34-18-26(24)35-32(37)33)42-25-13-9-6-10-14-25/h5-14,17-18,22,27-28H,15-16,19-21H2,1-4H3,(H2,33,35). The van der Waals surface area contributed by atoms with Crippen LogP contribution in [0.3, 0.4) is 0 Å². The molecular formula is C32H39N5O5. The van der Waals surface area contributed by atoms with E-state index in [1.807, 2.05) is 71.6 Å². The van der Waals surface area contributed by atoms with Crippen molar-refractivity contribution in [2.24, 2.45) is 16.6 Å². The van der Waals surface area contributed by atoms with Crippen LogP contribution in [0.25, 0.3) is 0 Å². The number of nitrogens with zero attached hydrogens (tertiary/aromatic N) is 4. The Morgan fingerprint density at radius 3 is 2.43 bits per heavy atom. The van der Waals surface area contributed by atoms with Crippen molar-refractivity contribution < 1.29 is 23.8 Å². The summed E-state index contributed by atoms with van der Waals surface area (Å²) in [5.41, 5.74) is 9.02. The first-order valence-corrected chi connectivity index (χ1v) is 14.0. The summed E-state index contributed by atoms with van der Waals surface area (Å²) < 4.78 is 16.7. The minimum Gasteiger partial charge on any atom is -0.467 e. The molecule has 0 fully saturated rings. The fourth-order valence-electron chi connectivity index (χ4n) is 4.91. The van der Waals surface area contributed by atoms with Crippen molar-refractivity contribution in [2.75, 3.05) is 20.8 Å². The Kier molecular flexibility index (Phi) is 10.5. The number of fused-ring (bicyclic) bond motifs is 1. The quantitative estimate of drug-likeness (QED) is 0.293. The maximum atomic E-state index is 13.3. The molecule has 3 aromatic rings. The molecule has 10 heteroatoms. The Labute approximate surface area is 247 Å². The van der Waals surface area contributed by atoms with E-state index in [4.69, 9.17) is 19.9 Å². The number of carbonyl (C=O) groups is 2. The van der Waals surface area contributed by atoms with Crippen molar-refractivity contribution in [1.82, 2.24) is 14.8 Å². The molecule has 4 rings (SSSR count). The van der Waals surface area contributed by atoms with Crippen LogP contribution >= 0.6 is 0 Å². The number of nitrogens with two attached hydrogens (primary N) is 1. The number of para-hydroxylation sites is 1. The van der Waals surface area contributed by atoms with Crippen LogP contribution < -0.4 is 10.5 Å². The van der Waals surface area contributed by atoms with E-state index >= 15 is 0 Å². The number of methoxy groups -OCH3 is 1. The van der Waals surface area contributed by atoms with Gasteiger partial charge in [-0.3, -0.25) is 4.79 Å². The average molecular weight is 574 g/mol. The Bertz CT molecular complexity index is 1370. The van der Waals surface area contributed by atoms with Gasteiger partial charge < -0.3 is 29.7 Å². The highest BCUT2D eigenvalue weighted by atomic mass is 16.5. The number of hydrogen-bond donors (Lipinski definition) is 1. The van der Waals surface area contributed by atoms with E-state index in [0.717, 1.165) is 11.1 Å². The van der Waals surface area contributed by atoms with Crippen molar-refractivity contribution in [3.8, 4) is 11.6 Å². The minimum absolute atomic E-state index is 0.0291. The summed E-state index contributed by atoms with van der Waals surface area (Å²) in [6.45, 7) is 5.04. The average Bonchev–Trinajstić information content (AvgIpc) is 3.00. The van der Waals surface area contributed by atoms with E-state index in [1.54, 1.807) is 13.2 Å². The van der Waals surface area contributed by atoms with Gasteiger partial charge in [-0.25, -0.2) is 14.8 Å². The van der Waals surface area contributed by atoms with Crippen LogP contribution in [0.4, 0.5) is 5.69 Å². The lowest BCUT2D eigenvalue weighted by atomic mass is 9.96. The lowest BCUT2D eigenvalue weighted by molar-refractivity contribution is -0.154. The number of aromatic nitrogens is 1.